The molecule has 0 fully saturated rings. The first-order chi connectivity index (χ1) is 9.83. The molecule has 0 aliphatic rings. The second kappa shape index (κ2) is 6.27. The van der Waals surface area contributed by atoms with Crippen LogP contribution in [0.2, 0.25) is 0 Å². The number of hydrogen-bond donors (Lipinski definition) is 1. The van der Waals surface area contributed by atoms with E-state index >= 15 is 0 Å². The third kappa shape index (κ3) is 3.52. The second-order valence-corrected chi connectivity index (χ2v) is 7.71. The Hall–Kier alpha value is -1.22. The molecular weight excluding hydrogens is 308 g/mol. The summed E-state index contributed by atoms with van der Waals surface area (Å²) in [6.45, 7) is 4.80. The van der Waals surface area contributed by atoms with Gasteiger partial charge in [-0.3, -0.25) is 4.68 Å². The van der Waals surface area contributed by atoms with E-state index in [1.807, 2.05) is 23.9 Å². The number of aromatic nitrogens is 2. The molecule has 2 rings (SSSR count). The van der Waals surface area contributed by atoms with Gasteiger partial charge in [0.25, 0.3) is 10.2 Å². The molecule has 21 heavy (non-hydrogen) atoms. The van der Waals surface area contributed by atoms with Crippen LogP contribution in [0.15, 0.2) is 16.8 Å². The van der Waals surface area contributed by atoms with Gasteiger partial charge < -0.3 is 0 Å². The molecule has 0 unspecified atom stereocenters. The van der Waals surface area contributed by atoms with E-state index in [1.165, 1.54) is 14.1 Å². The monoisotopic (exact) mass is 328 g/mol. The van der Waals surface area contributed by atoms with Crippen molar-refractivity contribution in [1.29, 1.82) is 0 Å². The molecule has 0 aliphatic carbocycles. The van der Waals surface area contributed by atoms with Gasteiger partial charge in [0, 0.05) is 31.9 Å². The van der Waals surface area contributed by atoms with Crippen LogP contribution in [0.3, 0.4) is 0 Å². The molecule has 0 aromatic carbocycles. The van der Waals surface area contributed by atoms with E-state index in [1.54, 1.807) is 11.3 Å². The average Bonchev–Trinajstić information content (AvgIpc) is 2.98. The topological polar surface area (TPSA) is 67.2 Å². The lowest BCUT2D eigenvalue weighted by Gasteiger charge is -2.12. The molecule has 2 aromatic heterocycles. The van der Waals surface area contributed by atoms with Gasteiger partial charge >= 0.3 is 0 Å². The highest BCUT2D eigenvalue weighted by Gasteiger charge is 2.15. The van der Waals surface area contributed by atoms with Gasteiger partial charge in [-0.1, -0.05) is 0 Å². The average molecular weight is 328 g/mol. The van der Waals surface area contributed by atoms with Crippen LogP contribution >= 0.6 is 11.3 Å². The van der Waals surface area contributed by atoms with Gasteiger partial charge in [-0.2, -0.15) is 29.2 Å². The largest absolute Gasteiger partial charge is 0.278 e. The zero-order valence-electron chi connectivity index (χ0n) is 12.6. The summed E-state index contributed by atoms with van der Waals surface area (Å²) in [5, 5.41) is 8.64. The Morgan fingerprint density at radius 3 is 2.67 bits per heavy atom. The van der Waals surface area contributed by atoms with Crippen molar-refractivity contribution < 1.29 is 8.42 Å². The lowest BCUT2D eigenvalue weighted by atomic mass is 10.1. The Bertz CT molecular complexity index is 703. The highest BCUT2D eigenvalue weighted by Crippen LogP contribution is 2.28. The van der Waals surface area contributed by atoms with Crippen LogP contribution in [0.25, 0.3) is 11.1 Å². The molecule has 1 N–H and O–H groups in total. The van der Waals surface area contributed by atoms with Gasteiger partial charge in [0.1, 0.15) is 0 Å². The molecule has 2 heterocycles. The fourth-order valence-electron chi connectivity index (χ4n) is 2.15. The minimum absolute atomic E-state index is 0.311. The summed E-state index contributed by atoms with van der Waals surface area (Å²) in [7, 11) is -0.383. The van der Waals surface area contributed by atoms with Gasteiger partial charge in [0.2, 0.25) is 0 Å². The summed E-state index contributed by atoms with van der Waals surface area (Å²) in [5.41, 5.74) is 4.30. The smallest absolute Gasteiger partial charge is 0.268 e. The molecule has 0 saturated heterocycles. The predicted molar refractivity (Wildman–Crippen MR) is 85.6 cm³/mol. The first-order valence-electron chi connectivity index (χ1n) is 6.56. The van der Waals surface area contributed by atoms with E-state index in [2.05, 4.69) is 21.3 Å². The maximum Gasteiger partial charge on any atom is 0.278 e. The van der Waals surface area contributed by atoms with Crippen molar-refractivity contribution in [3.05, 3.63) is 28.2 Å². The van der Waals surface area contributed by atoms with Gasteiger partial charge in [-0.15, -0.1) is 0 Å². The number of nitrogens with one attached hydrogen (secondary N) is 1. The molecule has 0 spiro atoms. The lowest BCUT2D eigenvalue weighted by Crippen LogP contribution is -2.37. The van der Waals surface area contributed by atoms with E-state index in [0.717, 1.165) is 26.8 Å². The molecule has 6 nitrogen and oxygen atoms in total. The Kier molecular flexibility index (Phi) is 4.82. The van der Waals surface area contributed by atoms with E-state index in [-0.39, 0.29) is 0 Å². The summed E-state index contributed by atoms with van der Waals surface area (Å²) in [6, 6.07) is 2.07. The Morgan fingerprint density at radius 2 is 2.10 bits per heavy atom. The van der Waals surface area contributed by atoms with Crippen LogP contribution in [-0.4, -0.2) is 43.1 Å². The van der Waals surface area contributed by atoms with Crippen LogP contribution in [-0.2, 0) is 16.8 Å². The molecule has 2 aromatic rings. The van der Waals surface area contributed by atoms with Gasteiger partial charge in [-0.25, -0.2) is 4.72 Å². The quantitative estimate of drug-likeness (QED) is 0.876. The highest BCUT2D eigenvalue weighted by atomic mass is 32.2. The molecule has 0 atom stereocenters. The first-order valence-corrected chi connectivity index (χ1v) is 8.95. The van der Waals surface area contributed by atoms with Crippen LogP contribution in [0.4, 0.5) is 0 Å². The molecule has 0 saturated carbocycles. The van der Waals surface area contributed by atoms with Crippen molar-refractivity contribution in [2.75, 3.05) is 20.6 Å². The predicted octanol–water partition coefficient (Wildman–Crippen LogP) is 1.62. The number of hydrogen-bond acceptors (Lipinski definition) is 4. The Balaban J connectivity index is 2.11. The zero-order valence-corrected chi connectivity index (χ0v) is 14.3. The van der Waals surface area contributed by atoms with Crippen molar-refractivity contribution in [3.63, 3.8) is 0 Å². The Morgan fingerprint density at radius 1 is 1.38 bits per heavy atom. The highest BCUT2D eigenvalue weighted by molar-refractivity contribution is 7.87. The van der Waals surface area contributed by atoms with Crippen LogP contribution < -0.4 is 4.72 Å². The zero-order chi connectivity index (χ0) is 15.6. The number of nitrogens with zero attached hydrogens (tertiary/aromatic N) is 3. The molecule has 0 aliphatic heterocycles. The van der Waals surface area contributed by atoms with Gasteiger partial charge in [0.05, 0.1) is 12.2 Å². The summed E-state index contributed by atoms with van der Waals surface area (Å²) >= 11 is 1.65. The van der Waals surface area contributed by atoms with Crippen molar-refractivity contribution >= 4 is 21.5 Å². The SMILES string of the molecule is Cc1nn(CCNS(=O)(=O)N(C)C)c(C)c1-c1ccsc1. The Labute approximate surface area is 129 Å². The maximum atomic E-state index is 11.7. The fraction of sp³-hybridized carbons (Fsp3) is 0.462. The van der Waals surface area contributed by atoms with E-state index in [9.17, 15) is 8.42 Å². The minimum Gasteiger partial charge on any atom is -0.268 e. The van der Waals surface area contributed by atoms with Crippen molar-refractivity contribution in [3.8, 4) is 11.1 Å². The molecule has 0 bridgehead atoms. The molecule has 8 heteroatoms. The number of rotatable bonds is 6. The maximum absolute atomic E-state index is 11.7. The number of thiophene rings is 1. The molecule has 0 amide bonds. The normalized spacial score (nSPS) is 12.2. The summed E-state index contributed by atoms with van der Waals surface area (Å²) in [6.07, 6.45) is 0. The lowest BCUT2D eigenvalue weighted by molar-refractivity contribution is 0.496. The summed E-state index contributed by atoms with van der Waals surface area (Å²) in [5.74, 6) is 0. The van der Waals surface area contributed by atoms with Crippen LogP contribution in [0, 0.1) is 13.8 Å². The standard InChI is InChI=1S/C13H20N4O2S2/c1-10-13(12-5-8-20-9-12)11(2)17(15-10)7-6-14-21(18,19)16(3)4/h5,8-9,14H,6-7H2,1-4H3. The first kappa shape index (κ1) is 16.2. The van der Waals surface area contributed by atoms with Crippen molar-refractivity contribution in [2.24, 2.45) is 0 Å². The van der Waals surface area contributed by atoms with Crippen LogP contribution in [0.5, 0.6) is 0 Å². The fourth-order valence-corrected chi connectivity index (χ4v) is 3.40. The minimum atomic E-state index is -3.38. The van der Waals surface area contributed by atoms with E-state index < -0.39 is 10.2 Å². The van der Waals surface area contributed by atoms with Crippen LogP contribution in [0.1, 0.15) is 11.4 Å². The van der Waals surface area contributed by atoms with E-state index in [4.69, 9.17) is 0 Å². The number of aryl methyl sites for hydroxylation is 1. The van der Waals surface area contributed by atoms with Gasteiger partial charge in [-0.05, 0) is 36.2 Å². The molecule has 0 radical (unpaired) electrons. The second-order valence-electron chi connectivity index (χ2n) is 4.96. The third-order valence-corrected chi connectivity index (χ3v) is 5.49. The third-order valence-electron chi connectivity index (χ3n) is 3.28. The summed E-state index contributed by atoms with van der Waals surface area (Å²) < 4.78 is 28.8. The molecular formula is C13H20N4O2S2. The molecule has 116 valence electrons. The van der Waals surface area contributed by atoms with Crippen molar-refractivity contribution in [1.82, 2.24) is 18.8 Å². The van der Waals surface area contributed by atoms with E-state index in [0.29, 0.717) is 13.1 Å². The summed E-state index contributed by atoms with van der Waals surface area (Å²) in [4.78, 5) is 0. The van der Waals surface area contributed by atoms with Gasteiger partial charge in [0.15, 0.2) is 0 Å². The van der Waals surface area contributed by atoms with Crippen molar-refractivity contribution in [2.45, 2.75) is 20.4 Å².